The van der Waals surface area contributed by atoms with E-state index in [1.165, 1.54) is 16.7 Å². The zero-order valence-electron chi connectivity index (χ0n) is 14.4. The van der Waals surface area contributed by atoms with Gasteiger partial charge >= 0.3 is 0 Å². The van der Waals surface area contributed by atoms with E-state index in [1.807, 2.05) is 6.07 Å². The number of aromatic hydroxyl groups is 1. The van der Waals surface area contributed by atoms with Crippen LogP contribution in [0.1, 0.15) is 56.1 Å². The van der Waals surface area contributed by atoms with Crippen LogP contribution in [0, 0.1) is 29.6 Å². The third-order valence-electron chi connectivity index (χ3n) is 7.36. The maximum Gasteiger partial charge on any atom is 0.131 e. The van der Waals surface area contributed by atoms with Gasteiger partial charge in [0.25, 0.3) is 0 Å². The van der Waals surface area contributed by atoms with Crippen molar-refractivity contribution in [2.75, 3.05) is 0 Å². The minimum atomic E-state index is -0.991. The largest absolute Gasteiger partial charge is 0.508 e. The number of hydrogen-bond acceptors (Lipinski definition) is 2. The molecule has 0 heterocycles. The average molecular weight is 322 g/mol. The van der Waals surface area contributed by atoms with Crippen molar-refractivity contribution in [2.45, 2.75) is 57.0 Å². The van der Waals surface area contributed by atoms with Gasteiger partial charge in [-0.05, 0) is 73.6 Å². The maximum atomic E-state index is 11.2. The predicted molar refractivity (Wildman–Crippen MR) is 95.6 cm³/mol. The van der Waals surface area contributed by atoms with Gasteiger partial charge in [-0.3, -0.25) is 0 Å². The first-order valence-corrected chi connectivity index (χ1v) is 9.15. The number of hydrogen-bond donors (Lipinski definition) is 2. The lowest BCUT2D eigenvalue weighted by Gasteiger charge is -2.54. The molecule has 3 aliphatic rings. The second kappa shape index (κ2) is 5.14. The lowest BCUT2D eigenvalue weighted by Crippen LogP contribution is -2.52. The lowest BCUT2D eigenvalue weighted by molar-refractivity contribution is -0.0648. The summed E-state index contributed by atoms with van der Waals surface area (Å²) in [5.41, 5.74) is 2.59. The Morgan fingerprint density at radius 1 is 1.38 bits per heavy atom. The zero-order chi connectivity index (χ0) is 17.1. The van der Waals surface area contributed by atoms with Crippen LogP contribution in [0.4, 0.5) is 0 Å². The van der Waals surface area contributed by atoms with E-state index in [-0.39, 0.29) is 5.41 Å². The van der Waals surface area contributed by atoms with Crippen LogP contribution < -0.4 is 0 Å². The Labute approximate surface area is 144 Å². The van der Waals surface area contributed by atoms with E-state index in [4.69, 9.17) is 6.42 Å². The summed E-state index contributed by atoms with van der Waals surface area (Å²) >= 11 is 0. The molecule has 24 heavy (non-hydrogen) atoms. The fraction of sp³-hybridized carbons (Fsp3) is 0.545. The van der Waals surface area contributed by atoms with E-state index < -0.39 is 5.60 Å². The van der Waals surface area contributed by atoms with Gasteiger partial charge in [0.05, 0.1) is 0 Å². The molecule has 126 valence electrons. The van der Waals surface area contributed by atoms with E-state index in [0.29, 0.717) is 29.9 Å². The number of benzene rings is 1. The summed E-state index contributed by atoms with van der Waals surface area (Å²) in [6.45, 7) is 6.60. The third kappa shape index (κ3) is 1.82. The van der Waals surface area contributed by atoms with Gasteiger partial charge in [-0.25, -0.2) is 0 Å². The first-order valence-electron chi connectivity index (χ1n) is 9.15. The van der Waals surface area contributed by atoms with Crippen molar-refractivity contribution in [3.8, 4) is 18.1 Å². The first-order chi connectivity index (χ1) is 11.5. The second-order valence-corrected chi connectivity index (χ2v) is 8.06. The van der Waals surface area contributed by atoms with Crippen molar-refractivity contribution < 1.29 is 10.2 Å². The molecule has 1 aromatic carbocycles. The van der Waals surface area contributed by atoms with E-state index in [9.17, 15) is 10.2 Å². The summed E-state index contributed by atoms with van der Waals surface area (Å²) in [5.74, 6) is 4.41. The molecular formula is C22H26O2. The van der Waals surface area contributed by atoms with Gasteiger partial charge in [-0.1, -0.05) is 31.1 Å². The normalized spacial score (nSPS) is 40.4. The summed E-state index contributed by atoms with van der Waals surface area (Å²) in [5, 5.41) is 21.0. The SMILES string of the molecule is C#C[C@]1(O)CC[C@H]2[C@@H]3CCc4cc(O)ccc4[C@H]3C(=C)C[C@@]21CC. The standard InChI is InChI=1S/C22H26O2/c1-4-21-13-14(3)20-17-9-7-16(23)12-15(17)6-8-18(20)19(21)10-11-22(21,24)5-2/h2,7,9,12,18-20,23-24H,3-4,6,8,10-11,13H2,1H3/t18-,19-,20+,21-,22-/m0/s1. The highest BCUT2D eigenvalue weighted by atomic mass is 16.3. The number of phenols is 1. The predicted octanol–water partition coefficient (Wildman–Crippen LogP) is 4.17. The van der Waals surface area contributed by atoms with Crippen molar-refractivity contribution >= 4 is 0 Å². The van der Waals surface area contributed by atoms with Crippen LogP contribution in [0.5, 0.6) is 5.75 Å². The minimum Gasteiger partial charge on any atom is -0.508 e. The van der Waals surface area contributed by atoms with Gasteiger partial charge in [0, 0.05) is 11.3 Å². The molecule has 0 amide bonds. The first kappa shape index (κ1) is 15.8. The molecule has 0 aromatic heterocycles. The molecule has 0 spiro atoms. The molecule has 2 nitrogen and oxygen atoms in total. The lowest BCUT2D eigenvalue weighted by atomic mass is 9.50. The van der Waals surface area contributed by atoms with Crippen LogP contribution in [0.2, 0.25) is 0 Å². The van der Waals surface area contributed by atoms with Gasteiger partial charge in [0.15, 0.2) is 0 Å². The van der Waals surface area contributed by atoms with Crippen molar-refractivity contribution in [2.24, 2.45) is 17.3 Å². The molecule has 0 unspecified atom stereocenters. The monoisotopic (exact) mass is 322 g/mol. The van der Waals surface area contributed by atoms with Crippen molar-refractivity contribution in [1.82, 2.24) is 0 Å². The summed E-state index contributed by atoms with van der Waals surface area (Å²) < 4.78 is 0. The number of terminal acetylenes is 1. The minimum absolute atomic E-state index is 0.214. The Kier molecular flexibility index (Phi) is 3.38. The zero-order valence-corrected chi connectivity index (χ0v) is 14.4. The summed E-state index contributed by atoms with van der Waals surface area (Å²) in [6, 6.07) is 5.78. The molecule has 0 aliphatic heterocycles. The van der Waals surface area contributed by atoms with Crippen LogP contribution in [-0.4, -0.2) is 15.8 Å². The number of phenolic OH excluding ortho intramolecular Hbond substituents is 1. The van der Waals surface area contributed by atoms with Crippen LogP contribution in [0.25, 0.3) is 0 Å². The number of aliphatic hydroxyl groups is 1. The molecule has 0 radical (unpaired) electrons. The fourth-order valence-electron chi connectivity index (χ4n) is 6.30. The quantitative estimate of drug-likeness (QED) is 0.602. The Bertz CT molecular complexity index is 743. The van der Waals surface area contributed by atoms with Gasteiger partial charge < -0.3 is 10.2 Å². The topological polar surface area (TPSA) is 40.5 Å². The van der Waals surface area contributed by atoms with Crippen LogP contribution in [-0.2, 0) is 6.42 Å². The average Bonchev–Trinajstić information content (AvgIpc) is 2.88. The molecule has 2 heteroatoms. The summed E-state index contributed by atoms with van der Waals surface area (Å²) in [6.07, 6.45) is 11.3. The molecule has 4 rings (SSSR count). The molecule has 3 aliphatic carbocycles. The highest BCUT2D eigenvalue weighted by molar-refractivity contribution is 5.45. The van der Waals surface area contributed by atoms with Gasteiger partial charge in [-0.15, -0.1) is 6.42 Å². The van der Waals surface area contributed by atoms with Gasteiger partial charge in [0.2, 0.25) is 0 Å². The second-order valence-electron chi connectivity index (χ2n) is 8.06. The van der Waals surface area contributed by atoms with Crippen LogP contribution >= 0.6 is 0 Å². The van der Waals surface area contributed by atoms with E-state index in [0.717, 1.165) is 32.1 Å². The smallest absolute Gasteiger partial charge is 0.131 e. The van der Waals surface area contributed by atoms with E-state index >= 15 is 0 Å². The van der Waals surface area contributed by atoms with Crippen LogP contribution in [0.15, 0.2) is 30.4 Å². The maximum absolute atomic E-state index is 11.2. The number of aryl methyl sites for hydroxylation is 1. The van der Waals surface area contributed by atoms with Crippen molar-refractivity contribution in [1.29, 1.82) is 0 Å². The van der Waals surface area contributed by atoms with Gasteiger partial charge in [0.1, 0.15) is 11.4 Å². The third-order valence-corrected chi connectivity index (χ3v) is 7.36. The Morgan fingerprint density at radius 2 is 2.17 bits per heavy atom. The molecule has 1 aromatic rings. The highest BCUT2D eigenvalue weighted by Crippen LogP contribution is 2.66. The number of rotatable bonds is 1. The molecule has 5 atom stereocenters. The molecule has 2 saturated carbocycles. The van der Waals surface area contributed by atoms with Crippen molar-refractivity contribution in [3.63, 3.8) is 0 Å². The van der Waals surface area contributed by atoms with E-state index in [2.05, 4.69) is 25.5 Å². The number of allylic oxidation sites excluding steroid dienone is 1. The summed E-state index contributed by atoms with van der Waals surface area (Å²) in [4.78, 5) is 0. The number of fused-ring (bicyclic) bond motifs is 5. The molecular weight excluding hydrogens is 296 g/mol. The summed E-state index contributed by atoms with van der Waals surface area (Å²) in [7, 11) is 0. The fourth-order valence-corrected chi connectivity index (χ4v) is 6.30. The van der Waals surface area contributed by atoms with Crippen molar-refractivity contribution in [3.05, 3.63) is 41.5 Å². The van der Waals surface area contributed by atoms with E-state index in [1.54, 1.807) is 6.07 Å². The Balaban J connectivity index is 1.81. The molecule has 0 saturated heterocycles. The highest BCUT2D eigenvalue weighted by Gasteiger charge is 2.63. The molecule has 2 fully saturated rings. The Hall–Kier alpha value is -1.72. The van der Waals surface area contributed by atoms with Gasteiger partial charge in [-0.2, -0.15) is 0 Å². The molecule has 2 N–H and O–H groups in total. The molecule has 0 bridgehead atoms. The Morgan fingerprint density at radius 3 is 2.88 bits per heavy atom. The van der Waals surface area contributed by atoms with Crippen LogP contribution in [0.3, 0.4) is 0 Å².